The smallest absolute Gasteiger partial charge is 0.232 e. The van der Waals surface area contributed by atoms with E-state index in [0.29, 0.717) is 23.5 Å². The van der Waals surface area contributed by atoms with Gasteiger partial charge in [0.1, 0.15) is 5.75 Å². The molecule has 2 rings (SSSR count). The zero-order chi connectivity index (χ0) is 21.6. The van der Waals surface area contributed by atoms with Crippen molar-refractivity contribution in [1.82, 2.24) is 0 Å². The molecule has 0 aromatic heterocycles. The molecule has 2 aromatic carbocycles. The SMILES string of the molecule is Cc1ccc(N(CCCC(=O)Nc2cccc(OC(C)C)c2)S(C)(=O)=O)cc1C. The lowest BCUT2D eigenvalue weighted by atomic mass is 10.1. The first-order chi connectivity index (χ1) is 13.6. The fourth-order valence-electron chi connectivity index (χ4n) is 2.89. The van der Waals surface area contributed by atoms with E-state index in [1.807, 2.05) is 52.0 Å². The van der Waals surface area contributed by atoms with Gasteiger partial charge in [0, 0.05) is 24.7 Å². The summed E-state index contributed by atoms with van der Waals surface area (Å²) < 4.78 is 31.4. The van der Waals surface area contributed by atoms with Crippen LogP contribution in [0.1, 0.15) is 37.8 Å². The van der Waals surface area contributed by atoms with Crippen molar-refractivity contribution in [2.75, 3.05) is 22.4 Å². The van der Waals surface area contributed by atoms with E-state index in [-0.39, 0.29) is 25.0 Å². The maximum Gasteiger partial charge on any atom is 0.232 e. The molecule has 0 unspecified atom stereocenters. The highest BCUT2D eigenvalue weighted by Crippen LogP contribution is 2.22. The van der Waals surface area contributed by atoms with Gasteiger partial charge < -0.3 is 10.1 Å². The van der Waals surface area contributed by atoms with Gasteiger partial charge in [0.25, 0.3) is 0 Å². The molecule has 0 aliphatic rings. The fourth-order valence-corrected chi connectivity index (χ4v) is 3.85. The summed E-state index contributed by atoms with van der Waals surface area (Å²) in [7, 11) is -3.44. The fraction of sp³-hybridized carbons (Fsp3) is 0.409. The number of nitrogens with zero attached hydrogens (tertiary/aromatic N) is 1. The normalized spacial score (nSPS) is 11.4. The lowest BCUT2D eigenvalue weighted by Gasteiger charge is -2.23. The zero-order valence-electron chi connectivity index (χ0n) is 17.7. The molecule has 1 amide bonds. The number of hydrogen-bond acceptors (Lipinski definition) is 4. The number of nitrogens with one attached hydrogen (secondary N) is 1. The molecule has 2 aromatic rings. The van der Waals surface area contributed by atoms with Gasteiger partial charge in [0.15, 0.2) is 0 Å². The lowest BCUT2D eigenvalue weighted by Crippen LogP contribution is -2.31. The van der Waals surface area contributed by atoms with Gasteiger partial charge in [-0.05, 0) is 69.5 Å². The van der Waals surface area contributed by atoms with Crippen LogP contribution in [-0.4, -0.2) is 33.2 Å². The number of benzene rings is 2. The summed E-state index contributed by atoms with van der Waals surface area (Å²) in [6, 6.07) is 12.8. The van der Waals surface area contributed by atoms with Crippen LogP contribution in [0.2, 0.25) is 0 Å². The third-order valence-electron chi connectivity index (χ3n) is 4.43. The first-order valence-corrected chi connectivity index (χ1v) is 11.5. The van der Waals surface area contributed by atoms with Gasteiger partial charge in [-0.2, -0.15) is 0 Å². The minimum atomic E-state index is -3.44. The van der Waals surface area contributed by atoms with Crippen molar-refractivity contribution in [3.8, 4) is 5.75 Å². The van der Waals surface area contributed by atoms with Crippen LogP contribution in [0.3, 0.4) is 0 Å². The van der Waals surface area contributed by atoms with Crippen LogP contribution in [0.15, 0.2) is 42.5 Å². The van der Waals surface area contributed by atoms with Crippen LogP contribution >= 0.6 is 0 Å². The third kappa shape index (κ3) is 7.09. The lowest BCUT2D eigenvalue weighted by molar-refractivity contribution is -0.116. The Morgan fingerprint density at radius 2 is 1.83 bits per heavy atom. The molecule has 158 valence electrons. The highest BCUT2D eigenvalue weighted by Gasteiger charge is 2.18. The topological polar surface area (TPSA) is 75.7 Å². The van der Waals surface area contributed by atoms with Gasteiger partial charge in [-0.3, -0.25) is 9.10 Å². The summed E-state index contributed by atoms with van der Waals surface area (Å²) in [6.45, 7) is 8.05. The van der Waals surface area contributed by atoms with E-state index < -0.39 is 10.0 Å². The standard InChI is InChI=1S/C22H30N2O4S/c1-16(2)28-21-9-6-8-19(15-21)23-22(25)10-7-13-24(29(5,26)27)20-12-11-17(3)18(4)14-20/h6,8-9,11-12,14-16H,7,10,13H2,1-5H3,(H,23,25). The molecule has 7 heteroatoms. The summed E-state index contributed by atoms with van der Waals surface area (Å²) >= 11 is 0. The Kier molecular flexibility index (Phi) is 7.67. The van der Waals surface area contributed by atoms with Crippen molar-refractivity contribution in [2.45, 2.75) is 46.6 Å². The summed E-state index contributed by atoms with van der Waals surface area (Å²) in [5.41, 5.74) is 3.40. The van der Waals surface area contributed by atoms with Crippen LogP contribution in [0.5, 0.6) is 5.75 Å². The Balaban J connectivity index is 1.97. The van der Waals surface area contributed by atoms with E-state index in [9.17, 15) is 13.2 Å². The van der Waals surface area contributed by atoms with Crippen molar-refractivity contribution in [3.05, 3.63) is 53.6 Å². The summed E-state index contributed by atoms with van der Waals surface area (Å²) in [5, 5.41) is 2.84. The second kappa shape index (κ2) is 9.78. The largest absolute Gasteiger partial charge is 0.491 e. The van der Waals surface area contributed by atoms with Gasteiger partial charge in [-0.25, -0.2) is 8.42 Å². The average molecular weight is 419 g/mol. The van der Waals surface area contributed by atoms with Gasteiger partial charge in [0.2, 0.25) is 15.9 Å². The Morgan fingerprint density at radius 1 is 1.10 bits per heavy atom. The summed E-state index contributed by atoms with van der Waals surface area (Å²) in [5.74, 6) is 0.524. The molecule has 0 atom stereocenters. The molecule has 29 heavy (non-hydrogen) atoms. The second-order valence-electron chi connectivity index (χ2n) is 7.45. The van der Waals surface area contributed by atoms with Crippen molar-refractivity contribution < 1.29 is 17.9 Å². The molecule has 0 aliphatic carbocycles. The molecule has 1 N–H and O–H groups in total. The first kappa shape index (κ1) is 22.7. The molecule has 0 saturated heterocycles. The van der Waals surface area contributed by atoms with E-state index in [1.54, 1.807) is 18.2 Å². The number of ether oxygens (including phenoxy) is 1. The van der Waals surface area contributed by atoms with Gasteiger partial charge in [-0.15, -0.1) is 0 Å². The second-order valence-corrected chi connectivity index (χ2v) is 9.36. The molecule has 0 bridgehead atoms. The number of carbonyl (C=O) groups excluding carboxylic acids is 1. The average Bonchev–Trinajstić information content (AvgIpc) is 2.60. The van der Waals surface area contributed by atoms with Crippen LogP contribution in [0.4, 0.5) is 11.4 Å². The summed E-state index contributed by atoms with van der Waals surface area (Å²) in [4.78, 5) is 12.3. The minimum Gasteiger partial charge on any atom is -0.491 e. The van der Waals surface area contributed by atoms with E-state index >= 15 is 0 Å². The molecule has 0 fully saturated rings. The molecule has 0 heterocycles. The minimum absolute atomic E-state index is 0.0494. The number of rotatable bonds is 9. The molecular weight excluding hydrogens is 388 g/mol. The Bertz CT molecular complexity index is 955. The van der Waals surface area contributed by atoms with Gasteiger partial charge in [-0.1, -0.05) is 12.1 Å². The predicted octanol–water partition coefficient (Wildman–Crippen LogP) is 4.28. The monoisotopic (exact) mass is 418 g/mol. The van der Waals surface area contributed by atoms with E-state index in [4.69, 9.17) is 4.74 Å². The number of anilines is 2. The molecule has 0 radical (unpaired) electrons. The Hall–Kier alpha value is -2.54. The first-order valence-electron chi connectivity index (χ1n) is 9.68. The van der Waals surface area contributed by atoms with Crippen molar-refractivity contribution in [3.63, 3.8) is 0 Å². The molecule has 0 aliphatic heterocycles. The molecule has 6 nitrogen and oxygen atoms in total. The number of sulfonamides is 1. The van der Waals surface area contributed by atoms with Gasteiger partial charge >= 0.3 is 0 Å². The number of amides is 1. The number of aryl methyl sites for hydroxylation is 2. The molecule has 0 saturated carbocycles. The summed E-state index contributed by atoms with van der Waals surface area (Å²) in [6.07, 6.45) is 1.86. The highest BCUT2D eigenvalue weighted by atomic mass is 32.2. The van der Waals surface area contributed by atoms with Crippen molar-refractivity contribution >= 4 is 27.3 Å². The Morgan fingerprint density at radius 3 is 2.45 bits per heavy atom. The third-order valence-corrected chi connectivity index (χ3v) is 5.63. The van der Waals surface area contributed by atoms with E-state index in [0.717, 1.165) is 11.1 Å². The van der Waals surface area contributed by atoms with Crippen LogP contribution in [-0.2, 0) is 14.8 Å². The molecular formula is C22H30N2O4S. The maximum absolute atomic E-state index is 12.3. The van der Waals surface area contributed by atoms with Crippen LogP contribution < -0.4 is 14.4 Å². The predicted molar refractivity (Wildman–Crippen MR) is 118 cm³/mol. The van der Waals surface area contributed by atoms with Crippen molar-refractivity contribution in [1.29, 1.82) is 0 Å². The van der Waals surface area contributed by atoms with Crippen molar-refractivity contribution in [2.24, 2.45) is 0 Å². The van der Waals surface area contributed by atoms with E-state index in [2.05, 4.69) is 5.32 Å². The molecule has 0 spiro atoms. The van der Waals surface area contributed by atoms with Gasteiger partial charge in [0.05, 0.1) is 18.0 Å². The number of carbonyl (C=O) groups is 1. The number of hydrogen-bond donors (Lipinski definition) is 1. The quantitative estimate of drug-likeness (QED) is 0.660. The zero-order valence-corrected chi connectivity index (χ0v) is 18.5. The van der Waals surface area contributed by atoms with Crippen LogP contribution in [0.25, 0.3) is 0 Å². The Labute approximate surface area is 173 Å². The maximum atomic E-state index is 12.3. The van der Waals surface area contributed by atoms with E-state index in [1.165, 1.54) is 10.6 Å². The highest BCUT2D eigenvalue weighted by molar-refractivity contribution is 7.92. The van der Waals surface area contributed by atoms with Crippen LogP contribution in [0, 0.1) is 13.8 Å².